The Labute approximate surface area is 395 Å². The molecular weight excluding hydrogens is 835 g/mol. The Bertz CT molecular complexity index is 2780. The first-order valence-corrected chi connectivity index (χ1v) is 24.2. The lowest BCUT2D eigenvalue weighted by Gasteiger charge is -2.39. The summed E-state index contributed by atoms with van der Waals surface area (Å²) in [5.41, 5.74) is 12.6. The van der Waals surface area contributed by atoms with Gasteiger partial charge in [-0.25, -0.2) is 4.79 Å². The molecule has 0 bridgehead atoms. The number of hydrogen-bond donors (Lipinski definition) is 0. The number of rotatable bonds is 12. The molecule has 3 aliphatic heterocycles. The average molecular weight is 897 g/mol. The molecule has 3 heterocycles. The van der Waals surface area contributed by atoms with Crippen LogP contribution in [-0.4, -0.2) is 75.2 Å². The number of carbonyl (C=O) groups excluding carboxylic acids is 3. The number of esters is 2. The molecule has 1 amide bonds. The zero-order chi connectivity index (χ0) is 46.9. The molecule has 2 saturated heterocycles. The minimum absolute atomic E-state index is 0.0275. The van der Waals surface area contributed by atoms with E-state index in [1.807, 2.05) is 18.7 Å². The first kappa shape index (κ1) is 45.5. The van der Waals surface area contributed by atoms with Crippen molar-refractivity contribution in [2.75, 3.05) is 62.3 Å². The number of benzene rings is 5. The van der Waals surface area contributed by atoms with Crippen LogP contribution in [0.1, 0.15) is 100 Å². The van der Waals surface area contributed by atoms with Gasteiger partial charge in [-0.05, 0) is 89.7 Å². The lowest BCUT2D eigenvalue weighted by atomic mass is 9.76. The minimum Gasteiger partial charge on any atom is -0.472 e. The smallest absolute Gasteiger partial charge is 0.333 e. The molecule has 2 aliphatic carbocycles. The van der Waals surface area contributed by atoms with Gasteiger partial charge in [-0.15, -0.1) is 0 Å². The number of carbonyl (C=O) groups is 3. The van der Waals surface area contributed by atoms with Gasteiger partial charge in [0.1, 0.15) is 19.0 Å². The number of piperazine rings is 1. The Morgan fingerprint density at radius 2 is 1.40 bits per heavy atom. The molecule has 1 radical (unpaired) electrons. The standard InChI is InChI=1S/C56H56N3O6.C2H6/c1-37(2)54(62)64-34-33-63-50(61)24-23-49(60)59-31-29-57(30-32-59)41-21-19-40(20-22-41)56(39-13-7-5-8-14-39)26-25-43-52-51(42-15-9-10-16-47(42)55(52,3)4)45-36-48(58-27-11-6-12-28-58)44(38-17-18-38)35-46(45)53(43)65-56;1-2/h5,7-10,13-22,25-26,35-36H,1,6,11-12,23-24,27-34H2,2-4H3;1-2H3. The lowest BCUT2D eigenvalue weighted by Crippen LogP contribution is -2.48. The third-order valence-corrected chi connectivity index (χ3v) is 14.0. The lowest BCUT2D eigenvalue weighted by molar-refractivity contribution is -0.151. The normalized spacial score (nSPS) is 18.6. The van der Waals surface area contributed by atoms with Crippen molar-refractivity contribution >= 4 is 51.6 Å². The van der Waals surface area contributed by atoms with E-state index in [9.17, 15) is 14.4 Å². The van der Waals surface area contributed by atoms with Crippen molar-refractivity contribution in [3.8, 4) is 16.9 Å². The van der Waals surface area contributed by atoms with Crippen molar-refractivity contribution in [2.45, 2.75) is 77.7 Å². The number of fused-ring (bicyclic) bond motifs is 8. The third-order valence-electron chi connectivity index (χ3n) is 14.0. The summed E-state index contributed by atoms with van der Waals surface area (Å²) in [5.74, 6) is -0.188. The highest BCUT2D eigenvalue weighted by atomic mass is 16.6. The number of allylic oxidation sites excluding steroid dienone is 2. The number of hydrogen-bond acceptors (Lipinski definition) is 8. The van der Waals surface area contributed by atoms with E-state index in [-0.39, 0.29) is 43.0 Å². The number of anilines is 2. The maximum Gasteiger partial charge on any atom is 0.333 e. The zero-order valence-electron chi connectivity index (χ0n) is 39.7. The number of nitrogens with zero attached hydrogens (tertiary/aromatic N) is 3. The Morgan fingerprint density at radius 1 is 0.731 bits per heavy atom. The van der Waals surface area contributed by atoms with E-state index in [1.165, 1.54) is 63.7 Å². The highest BCUT2D eigenvalue weighted by Crippen LogP contribution is 2.59. The summed E-state index contributed by atoms with van der Waals surface area (Å²) in [6, 6.07) is 33.2. The summed E-state index contributed by atoms with van der Waals surface area (Å²) in [5, 5.41) is 2.38. The van der Waals surface area contributed by atoms with Crippen molar-refractivity contribution in [2.24, 2.45) is 0 Å². The Kier molecular flexibility index (Phi) is 12.9. The SMILES string of the molecule is C=C(C)C(=O)OCCOC(=O)CCC(=O)N1CCN(c2ccc(C3(c4ccccc4)C=Cc4c5c(c6cc(N7CCCCC7)c(C7=C[CH]7)cc6c4O3)-c3ccccc3C5(C)C)cc2)CC1.CC. The maximum atomic E-state index is 13.1. The number of amides is 1. The number of piperidine rings is 1. The van der Waals surface area contributed by atoms with E-state index in [0.717, 1.165) is 46.6 Å². The fourth-order valence-corrected chi connectivity index (χ4v) is 10.5. The second-order valence-corrected chi connectivity index (χ2v) is 18.5. The first-order chi connectivity index (χ1) is 32.5. The zero-order valence-corrected chi connectivity index (χ0v) is 39.7. The van der Waals surface area contributed by atoms with Gasteiger partial charge in [0.15, 0.2) is 5.60 Å². The van der Waals surface area contributed by atoms with Crippen LogP contribution in [0, 0.1) is 6.42 Å². The predicted molar refractivity (Wildman–Crippen MR) is 269 cm³/mol. The van der Waals surface area contributed by atoms with Gasteiger partial charge in [-0.2, -0.15) is 0 Å². The quantitative estimate of drug-likeness (QED) is 0.0695. The van der Waals surface area contributed by atoms with Gasteiger partial charge in [-0.3, -0.25) is 9.59 Å². The molecule has 9 heteroatoms. The molecule has 10 rings (SSSR count). The van der Waals surface area contributed by atoms with Crippen molar-refractivity contribution in [3.63, 3.8) is 0 Å². The Balaban J connectivity index is 0.00000278. The van der Waals surface area contributed by atoms with Gasteiger partial charge in [0.05, 0.1) is 6.42 Å². The minimum atomic E-state index is -0.901. The van der Waals surface area contributed by atoms with Crippen molar-refractivity contribution < 1.29 is 28.6 Å². The van der Waals surface area contributed by atoms with Crippen LogP contribution in [0.25, 0.3) is 33.5 Å². The topological polar surface area (TPSA) is 88.6 Å². The van der Waals surface area contributed by atoms with E-state index in [1.54, 1.807) is 6.92 Å². The molecule has 0 aromatic heterocycles. The molecule has 0 N–H and O–H groups in total. The highest BCUT2D eigenvalue weighted by molar-refractivity contribution is 6.12. The van der Waals surface area contributed by atoms with E-state index in [0.29, 0.717) is 26.2 Å². The van der Waals surface area contributed by atoms with E-state index < -0.39 is 17.5 Å². The highest BCUT2D eigenvalue weighted by Gasteiger charge is 2.45. The van der Waals surface area contributed by atoms with E-state index in [4.69, 9.17) is 14.2 Å². The molecule has 1 atom stereocenters. The van der Waals surface area contributed by atoms with Crippen LogP contribution in [0.5, 0.6) is 5.75 Å². The van der Waals surface area contributed by atoms with Gasteiger partial charge >= 0.3 is 11.9 Å². The Morgan fingerprint density at radius 3 is 2.10 bits per heavy atom. The maximum absolute atomic E-state index is 13.1. The van der Waals surface area contributed by atoms with Crippen LogP contribution in [0.15, 0.2) is 115 Å². The summed E-state index contributed by atoms with van der Waals surface area (Å²) in [4.78, 5) is 43.6. The fraction of sp³-hybridized carbons (Fsp3) is 0.345. The average Bonchev–Trinajstić information content (AvgIpc) is 4.20. The fourth-order valence-electron chi connectivity index (χ4n) is 10.5. The summed E-state index contributed by atoms with van der Waals surface area (Å²) in [6.45, 7) is 18.3. The molecule has 0 saturated carbocycles. The van der Waals surface area contributed by atoms with Gasteiger partial charge in [0.25, 0.3) is 0 Å². The molecule has 345 valence electrons. The monoisotopic (exact) mass is 896 g/mol. The van der Waals surface area contributed by atoms with Crippen LogP contribution in [-0.2, 0) is 34.9 Å². The summed E-state index contributed by atoms with van der Waals surface area (Å²) >= 11 is 0. The summed E-state index contributed by atoms with van der Waals surface area (Å²) in [6.07, 6.45) is 12.8. The van der Waals surface area contributed by atoms with Crippen molar-refractivity contribution in [1.82, 2.24) is 4.90 Å². The van der Waals surface area contributed by atoms with Gasteiger partial charge in [0.2, 0.25) is 5.91 Å². The molecule has 1 unspecified atom stereocenters. The predicted octanol–water partition coefficient (Wildman–Crippen LogP) is 11.2. The van der Waals surface area contributed by atoms with Crippen LogP contribution < -0.4 is 14.5 Å². The molecular formula is C58H62N3O6. The van der Waals surface area contributed by atoms with Gasteiger partial charge < -0.3 is 28.9 Å². The van der Waals surface area contributed by atoms with Gasteiger partial charge in [0, 0.05) is 102 Å². The molecule has 0 spiro atoms. The number of ether oxygens (including phenoxy) is 3. The summed E-state index contributed by atoms with van der Waals surface area (Å²) in [7, 11) is 0. The van der Waals surface area contributed by atoms with Crippen LogP contribution >= 0.6 is 0 Å². The van der Waals surface area contributed by atoms with E-state index >= 15 is 0 Å². The molecule has 2 fully saturated rings. The third kappa shape index (κ3) is 8.65. The van der Waals surface area contributed by atoms with Crippen LogP contribution in [0.4, 0.5) is 11.4 Å². The van der Waals surface area contributed by atoms with Crippen molar-refractivity contribution in [1.29, 1.82) is 0 Å². The molecule has 5 aromatic carbocycles. The van der Waals surface area contributed by atoms with Crippen LogP contribution in [0.2, 0.25) is 0 Å². The summed E-state index contributed by atoms with van der Waals surface area (Å²) < 4.78 is 17.8. The van der Waals surface area contributed by atoms with Crippen LogP contribution in [0.3, 0.4) is 0 Å². The molecule has 67 heavy (non-hydrogen) atoms. The molecule has 5 aliphatic rings. The second kappa shape index (κ2) is 18.9. The van der Waals surface area contributed by atoms with Gasteiger partial charge in [-0.1, -0.05) is 113 Å². The first-order valence-electron chi connectivity index (χ1n) is 24.2. The van der Waals surface area contributed by atoms with Crippen molar-refractivity contribution in [3.05, 3.63) is 155 Å². The largest absolute Gasteiger partial charge is 0.472 e. The second-order valence-electron chi connectivity index (χ2n) is 18.5. The Hall–Kier alpha value is -6.61. The molecule has 9 nitrogen and oxygen atoms in total. The van der Waals surface area contributed by atoms with E-state index in [2.05, 4.69) is 146 Å². The molecule has 5 aromatic rings.